The van der Waals surface area contributed by atoms with Crippen molar-refractivity contribution in [2.45, 2.75) is 44.8 Å². The molecule has 2 atom stereocenters. The van der Waals surface area contributed by atoms with Gasteiger partial charge in [-0.15, -0.1) is 0 Å². The van der Waals surface area contributed by atoms with Gasteiger partial charge in [0.1, 0.15) is 17.5 Å². The molecule has 3 aromatic rings. The van der Waals surface area contributed by atoms with Crippen LogP contribution in [0.3, 0.4) is 0 Å². The molecule has 15 heteroatoms. The van der Waals surface area contributed by atoms with Crippen LogP contribution in [-0.4, -0.2) is 92.5 Å². The van der Waals surface area contributed by atoms with E-state index in [0.29, 0.717) is 24.5 Å². The zero-order valence-corrected chi connectivity index (χ0v) is 30.2. The van der Waals surface area contributed by atoms with Crippen LogP contribution in [0.4, 0.5) is 24.5 Å². The van der Waals surface area contributed by atoms with E-state index in [0.717, 1.165) is 62.5 Å². The van der Waals surface area contributed by atoms with Crippen LogP contribution in [0, 0.1) is 17.2 Å². The van der Waals surface area contributed by atoms with Gasteiger partial charge >= 0.3 is 6.18 Å². The van der Waals surface area contributed by atoms with E-state index in [1.54, 1.807) is 14.0 Å². The van der Waals surface area contributed by atoms with Gasteiger partial charge in [0.25, 0.3) is 0 Å². The summed E-state index contributed by atoms with van der Waals surface area (Å²) in [7, 11) is 1.58. The van der Waals surface area contributed by atoms with Crippen LogP contribution < -0.4 is 25.0 Å². The number of nitrogens with zero attached hydrogens (tertiary/aromatic N) is 4. The molecule has 2 N–H and O–H groups in total. The number of piperidine rings is 1. The Bertz CT molecular complexity index is 1840. The lowest BCUT2D eigenvalue weighted by molar-refractivity contribution is -0.144. The molecule has 0 spiro atoms. The summed E-state index contributed by atoms with van der Waals surface area (Å²) in [6.07, 6.45) is -3.19. The number of ether oxygens (including phenoxy) is 2. The second-order valence-electron chi connectivity index (χ2n) is 13.4. The number of nitriles is 1. The molecule has 286 valence electrons. The standard InChI is InChI=1S/C39H43F3N6O6/c1-26(37(51)44-29-7-6-28(24-43)33(23-29)39(40,41)42)25-54-32-12-8-30(9-13-32)48-19-17-47(18-20-48)16-3-21-53-31-10-4-27(5-11-31)22-36(50)46(2)34-14-15-35(49)45-38(34)52/h4-13,23,26,34H,3,14-22,25H2,1-2H3,(H,44,51)(H,45,49,52)/t26-,34?/m1/s1. The van der Waals surface area contributed by atoms with E-state index in [1.165, 1.54) is 17.0 Å². The number of likely N-dealkylation sites (N-methyl/N-ethyl adjacent to an activating group) is 1. The van der Waals surface area contributed by atoms with Crippen molar-refractivity contribution < 1.29 is 41.8 Å². The van der Waals surface area contributed by atoms with Crippen molar-refractivity contribution in [2.75, 3.05) is 63.2 Å². The summed E-state index contributed by atoms with van der Waals surface area (Å²) in [6.45, 7) is 6.56. The molecule has 0 saturated carbocycles. The maximum absolute atomic E-state index is 13.3. The third-order valence-electron chi connectivity index (χ3n) is 9.47. The van der Waals surface area contributed by atoms with E-state index < -0.39 is 41.1 Å². The number of alkyl halides is 3. The number of hydrogen-bond donors (Lipinski definition) is 2. The van der Waals surface area contributed by atoms with Gasteiger partial charge in [-0.1, -0.05) is 19.1 Å². The Hall–Kier alpha value is -5.62. The number of piperazine rings is 1. The van der Waals surface area contributed by atoms with Gasteiger partial charge < -0.3 is 24.6 Å². The van der Waals surface area contributed by atoms with Gasteiger partial charge in [0.15, 0.2) is 0 Å². The molecule has 0 aromatic heterocycles. The average Bonchev–Trinajstić information content (AvgIpc) is 3.16. The Morgan fingerprint density at radius 3 is 2.31 bits per heavy atom. The summed E-state index contributed by atoms with van der Waals surface area (Å²) >= 11 is 0. The Kier molecular flexibility index (Phi) is 13.1. The number of carbonyl (C=O) groups is 4. The van der Waals surface area contributed by atoms with Crippen LogP contribution >= 0.6 is 0 Å². The molecule has 4 amide bonds. The van der Waals surface area contributed by atoms with E-state index in [9.17, 15) is 32.3 Å². The molecule has 5 rings (SSSR count). The molecule has 2 heterocycles. The van der Waals surface area contributed by atoms with Gasteiger partial charge in [-0.05, 0) is 73.0 Å². The Morgan fingerprint density at radius 1 is 1.00 bits per heavy atom. The molecule has 1 unspecified atom stereocenters. The minimum atomic E-state index is -4.72. The highest BCUT2D eigenvalue weighted by Crippen LogP contribution is 2.33. The normalized spacial score (nSPS) is 16.9. The quantitative estimate of drug-likeness (QED) is 0.178. The molecule has 3 aromatic carbocycles. The fourth-order valence-electron chi connectivity index (χ4n) is 6.21. The van der Waals surface area contributed by atoms with Crippen LogP contribution in [0.25, 0.3) is 0 Å². The predicted molar refractivity (Wildman–Crippen MR) is 194 cm³/mol. The maximum atomic E-state index is 13.3. The van der Waals surface area contributed by atoms with Crippen LogP contribution in [0.1, 0.15) is 42.9 Å². The summed E-state index contributed by atoms with van der Waals surface area (Å²) in [5.41, 5.74) is 0.179. The van der Waals surface area contributed by atoms with Gasteiger partial charge in [-0.3, -0.25) is 29.4 Å². The summed E-state index contributed by atoms with van der Waals surface area (Å²) < 4.78 is 51.5. The number of rotatable bonds is 14. The zero-order chi connectivity index (χ0) is 38.8. The van der Waals surface area contributed by atoms with Crippen LogP contribution in [0.15, 0.2) is 66.7 Å². The molecular formula is C39H43F3N6O6. The van der Waals surface area contributed by atoms with E-state index in [4.69, 9.17) is 14.7 Å². The summed E-state index contributed by atoms with van der Waals surface area (Å²) in [4.78, 5) is 54.9. The minimum absolute atomic E-state index is 0.0221. The maximum Gasteiger partial charge on any atom is 0.417 e. The lowest BCUT2D eigenvalue weighted by atomic mass is 10.0. The fraction of sp³-hybridized carbons (Fsp3) is 0.410. The molecule has 0 bridgehead atoms. The van der Waals surface area contributed by atoms with Gasteiger partial charge in [0, 0.05) is 57.6 Å². The van der Waals surface area contributed by atoms with E-state index >= 15 is 0 Å². The number of anilines is 2. The SMILES string of the molecule is C[C@H](COc1ccc(N2CCN(CCCOc3ccc(CC(=O)N(C)C4CCC(=O)NC4=O)cc3)CC2)cc1)C(=O)Nc1ccc(C#N)c(C(F)(F)F)c1. The second-order valence-corrected chi connectivity index (χ2v) is 13.4. The lowest BCUT2D eigenvalue weighted by Crippen LogP contribution is -2.53. The van der Waals surface area contributed by atoms with Gasteiger partial charge in [0.2, 0.25) is 23.6 Å². The molecule has 54 heavy (non-hydrogen) atoms. The Labute approximate surface area is 311 Å². The number of imide groups is 1. The van der Waals surface area contributed by atoms with Crippen LogP contribution in [0.2, 0.25) is 0 Å². The summed E-state index contributed by atoms with van der Waals surface area (Å²) in [5.74, 6) is -0.840. The molecular weight excluding hydrogens is 705 g/mol. The lowest BCUT2D eigenvalue weighted by Gasteiger charge is -2.36. The number of amides is 4. The molecule has 2 fully saturated rings. The van der Waals surface area contributed by atoms with Crippen molar-refractivity contribution in [1.29, 1.82) is 5.26 Å². The predicted octanol–water partition coefficient (Wildman–Crippen LogP) is 4.63. The number of halogens is 3. The zero-order valence-electron chi connectivity index (χ0n) is 30.2. The fourth-order valence-corrected chi connectivity index (χ4v) is 6.21. The van der Waals surface area contributed by atoms with Crippen molar-refractivity contribution >= 4 is 35.0 Å². The van der Waals surface area contributed by atoms with Crippen molar-refractivity contribution in [3.63, 3.8) is 0 Å². The van der Waals surface area contributed by atoms with E-state index in [2.05, 4.69) is 20.4 Å². The highest BCUT2D eigenvalue weighted by atomic mass is 19.4. The van der Waals surface area contributed by atoms with Crippen LogP contribution in [-0.2, 0) is 31.8 Å². The number of benzene rings is 3. The first-order valence-corrected chi connectivity index (χ1v) is 17.7. The van der Waals surface area contributed by atoms with Crippen LogP contribution in [0.5, 0.6) is 11.5 Å². The smallest absolute Gasteiger partial charge is 0.417 e. The van der Waals surface area contributed by atoms with Crippen molar-refractivity contribution in [1.82, 2.24) is 15.1 Å². The van der Waals surface area contributed by atoms with Gasteiger partial charge in [0.05, 0.1) is 42.7 Å². The number of nitrogens with one attached hydrogen (secondary N) is 2. The molecule has 2 aliphatic heterocycles. The third kappa shape index (κ3) is 10.7. The first kappa shape index (κ1) is 39.6. The van der Waals surface area contributed by atoms with E-state index in [-0.39, 0.29) is 37.0 Å². The molecule has 2 saturated heterocycles. The van der Waals surface area contributed by atoms with Crippen molar-refractivity contribution in [3.05, 3.63) is 83.4 Å². The average molecular weight is 749 g/mol. The highest BCUT2D eigenvalue weighted by molar-refractivity contribution is 6.01. The highest BCUT2D eigenvalue weighted by Gasteiger charge is 2.34. The molecule has 0 radical (unpaired) electrons. The second kappa shape index (κ2) is 17.9. The van der Waals surface area contributed by atoms with Gasteiger partial charge in [-0.25, -0.2) is 0 Å². The number of carbonyl (C=O) groups excluding carboxylic acids is 4. The molecule has 0 aliphatic carbocycles. The summed E-state index contributed by atoms with van der Waals surface area (Å²) in [6, 6.07) is 18.8. The minimum Gasteiger partial charge on any atom is -0.494 e. The largest absolute Gasteiger partial charge is 0.494 e. The van der Waals surface area contributed by atoms with Crippen molar-refractivity contribution in [2.24, 2.45) is 5.92 Å². The number of hydrogen-bond acceptors (Lipinski definition) is 9. The van der Waals surface area contributed by atoms with E-state index in [1.807, 2.05) is 48.5 Å². The first-order valence-electron chi connectivity index (χ1n) is 17.7. The van der Waals surface area contributed by atoms with Gasteiger partial charge in [-0.2, -0.15) is 18.4 Å². The third-order valence-corrected chi connectivity index (χ3v) is 9.47. The van der Waals surface area contributed by atoms with Crippen molar-refractivity contribution in [3.8, 4) is 17.6 Å². The Morgan fingerprint density at radius 2 is 1.67 bits per heavy atom. The summed E-state index contributed by atoms with van der Waals surface area (Å²) in [5, 5.41) is 13.7. The molecule has 12 nitrogen and oxygen atoms in total. The first-order chi connectivity index (χ1) is 25.8. The molecule has 2 aliphatic rings. The monoisotopic (exact) mass is 748 g/mol. The topological polar surface area (TPSA) is 144 Å². The Balaban J connectivity index is 0.968.